The topological polar surface area (TPSA) is 79.1 Å². The Labute approximate surface area is 256 Å². The maximum atomic E-state index is 14.1. The number of esters is 1. The summed E-state index contributed by atoms with van der Waals surface area (Å²) >= 11 is 4.82. The summed E-state index contributed by atoms with van der Waals surface area (Å²) in [6.07, 6.45) is 1.49. The SMILES string of the molecule is CCOc1ccc([C@H]2C(C(=O)OC(C)C)=C(C)N=c3s/c(=C/c4cc(Br)ccc4OCc4ccccc4)c(=O)n32)cc1. The molecule has 1 aliphatic heterocycles. The van der Waals surface area contributed by atoms with E-state index >= 15 is 0 Å². The highest BCUT2D eigenvalue weighted by molar-refractivity contribution is 9.10. The highest BCUT2D eigenvalue weighted by Gasteiger charge is 2.33. The molecule has 1 aliphatic rings. The summed E-state index contributed by atoms with van der Waals surface area (Å²) in [5.41, 5.74) is 3.14. The molecule has 216 valence electrons. The van der Waals surface area contributed by atoms with E-state index in [1.807, 2.05) is 85.8 Å². The molecule has 0 bridgehead atoms. The molecule has 3 aromatic carbocycles. The molecule has 0 radical (unpaired) electrons. The van der Waals surface area contributed by atoms with Gasteiger partial charge in [0.2, 0.25) is 0 Å². The van der Waals surface area contributed by atoms with E-state index in [0.29, 0.717) is 45.3 Å². The molecule has 5 rings (SSSR count). The van der Waals surface area contributed by atoms with Crippen molar-refractivity contribution in [2.24, 2.45) is 4.99 Å². The van der Waals surface area contributed by atoms with Gasteiger partial charge in [0.25, 0.3) is 5.56 Å². The molecule has 0 unspecified atom stereocenters. The molecule has 2 heterocycles. The zero-order chi connectivity index (χ0) is 29.8. The Bertz CT molecular complexity index is 1810. The largest absolute Gasteiger partial charge is 0.494 e. The molecule has 0 saturated carbocycles. The average molecular weight is 648 g/mol. The molecule has 0 saturated heterocycles. The van der Waals surface area contributed by atoms with E-state index in [1.165, 1.54) is 11.3 Å². The normalized spacial score (nSPS) is 14.9. The van der Waals surface area contributed by atoms with Crippen LogP contribution in [0.25, 0.3) is 6.08 Å². The van der Waals surface area contributed by atoms with E-state index in [4.69, 9.17) is 19.2 Å². The van der Waals surface area contributed by atoms with E-state index in [0.717, 1.165) is 21.2 Å². The Morgan fingerprint density at radius 2 is 1.81 bits per heavy atom. The number of fused-ring (bicyclic) bond motifs is 1. The standard InChI is InChI=1S/C33H31BrN2O5S/c1-5-39-26-14-11-23(12-15-26)30-29(32(38)41-20(2)3)21(4)35-33-36(30)31(37)28(42-33)18-24-17-25(34)13-16-27(24)40-19-22-9-7-6-8-10-22/h6-18,20,30H,5,19H2,1-4H3/b28-18+/t30-/m0/s1. The van der Waals surface area contributed by atoms with Gasteiger partial charge in [-0.05, 0) is 75.2 Å². The number of rotatable bonds is 9. The maximum Gasteiger partial charge on any atom is 0.338 e. The third kappa shape index (κ3) is 6.42. The van der Waals surface area contributed by atoms with Crippen LogP contribution < -0.4 is 24.4 Å². The van der Waals surface area contributed by atoms with Crippen LogP contribution in [0.15, 0.2) is 98.3 Å². The van der Waals surface area contributed by atoms with Crippen molar-refractivity contribution < 1.29 is 19.0 Å². The predicted molar refractivity (Wildman–Crippen MR) is 168 cm³/mol. The lowest BCUT2D eigenvalue weighted by Gasteiger charge is -2.25. The van der Waals surface area contributed by atoms with Crippen LogP contribution >= 0.6 is 27.3 Å². The molecular weight excluding hydrogens is 616 g/mol. The van der Waals surface area contributed by atoms with Gasteiger partial charge >= 0.3 is 5.97 Å². The van der Waals surface area contributed by atoms with Crippen LogP contribution in [0.3, 0.4) is 0 Å². The van der Waals surface area contributed by atoms with Crippen molar-refractivity contribution in [3.8, 4) is 11.5 Å². The lowest BCUT2D eigenvalue weighted by atomic mass is 9.96. The van der Waals surface area contributed by atoms with Crippen LogP contribution in [-0.4, -0.2) is 23.2 Å². The first-order valence-electron chi connectivity index (χ1n) is 13.7. The van der Waals surface area contributed by atoms with E-state index in [2.05, 4.69) is 15.9 Å². The molecule has 1 aromatic heterocycles. The van der Waals surface area contributed by atoms with E-state index in [-0.39, 0.29) is 11.7 Å². The number of hydrogen-bond donors (Lipinski definition) is 0. The van der Waals surface area contributed by atoms with Gasteiger partial charge in [-0.3, -0.25) is 9.36 Å². The second-order valence-electron chi connectivity index (χ2n) is 9.99. The Kier molecular flexibility index (Phi) is 9.09. The second kappa shape index (κ2) is 12.9. The molecular formula is C33H31BrN2O5S. The Morgan fingerprint density at radius 3 is 2.50 bits per heavy atom. The lowest BCUT2D eigenvalue weighted by molar-refractivity contribution is -0.143. The second-order valence-corrected chi connectivity index (χ2v) is 11.9. The van der Waals surface area contributed by atoms with Gasteiger partial charge in [-0.25, -0.2) is 9.79 Å². The highest BCUT2D eigenvalue weighted by atomic mass is 79.9. The van der Waals surface area contributed by atoms with Crippen molar-refractivity contribution in [1.29, 1.82) is 0 Å². The van der Waals surface area contributed by atoms with Crippen LogP contribution in [0.5, 0.6) is 11.5 Å². The van der Waals surface area contributed by atoms with E-state index < -0.39 is 12.0 Å². The quantitative estimate of drug-likeness (QED) is 0.211. The van der Waals surface area contributed by atoms with Gasteiger partial charge in [-0.15, -0.1) is 0 Å². The Morgan fingerprint density at radius 1 is 1.07 bits per heavy atom. The molecule has 4 aromatic rings. The summed E-state index contributed by atoms with van der Waals surface area (Å²) in [5.74, 6) is 0.856. The smallest absolute Gasteiger partial charge is 0.338 e. The third-order valence-electron chi connectivity index (χ3n) is 6.59. The van der Waals surface area contributed by atoms with Crippen LogP contribution in [0.2, 0.25) is 0 Å². The number of carbonyl (C=O) groups excluding carboxylic acids is 1. The number of ether oxygens (including phenoxy) is 3. The number of benzene rings is 3. The first-order chi connectivity index (χ1) is 20.2. The van der Waals surface area contributed by atoms with Crippen molar-refractivity contribution in [1.82, 2.24) is 4.57 Å². The molecule has 0 fully saturated rings. The maximum absolute atomic E-state index is 14.1. The predicted octanol–water partition coefficient (Wildman–Crippen LogP) is 5.93. The van der Waals surface area contributed by atoms with Crippen molar-refractivity contribution in [2.75, 3.05) is 6.61 Å². The van der Waals surface area contributed by atoms with Gasteiger partial charge in [0.05, 0.1) is 34.6 Å². The van der Waals surface area contributed by atoms with Crippen LogP contribution in [0, 0.1) is 0 Å². The third-order valence-corrected chi connectivity index (χ3v) is 8.06. The summed E-state index contributed by atoms with van der Waals surface area (Å²) in [4.78, 5) is 32.6. The van der Waals surface area contributed by atoms with Crippen molar-refractivity contribution in [3.05, 3.63) is 125 Å². The minimum atomic E-state index is -0.707. The average Bonchev–Trinajstić information content (AvgIpc) is 3.26. The molecule has 0 amide bonds. The highest BCUT2D eigenvalue weighted by Crippen LogP contribution is 2.32. The fourth-order valence-electron chi connectivity index (χ4n) is 4.73. The zero-order valence-electron chi connectivity index (χ0n) is 23.8. The summed E-state index contributed by atoms with van der Waals surface area (Å²) in [6.45, 7) is 8.21. The molecule has 1 atom stereocenters. The molecule has 7 nitrogen and oxygen atoms in total. The number of thiazole rings is 1. The minimum absolute atomic E-state index is 0.256. The van der Waals surface area contributed by atoms with Gasteiger partial charge in [-0.1, -0.05) is 69.7 Å². The molecule has 0 N–H and O–H groups in total. The Hall–Kier alpha value is -3.95. The van der Waals surface area contributed by atoms with Gasteiger partial charge in [0.1, 0.15) is 18.1 Å². The fourth-order valence-corrected chi connectivity index (χ4v) is 6.15. The van der Waals surface area contributed by atoms with Crippen molar-refractivity contribution in [3.63, 3.8) is 0 Å². The van der Waals surface area contributed by atoms with Gasteiger partial charge in [0, 0.05) is 10.0 Å². The summed E-state index contributed by atoms with van der Waals surface area (Å²) in [7, 11) is 0. The summed E-state index contributed by atoms with van der Waals surface area (Å²) in [5, 5.41) is 0. The van der Waals surface area contributed by atoms with Crippen LogP contribution in [0.4, 0.5) is 0 Å². The molecule has 0 spiro atoms. The summed E-state index contributed by atoms with van der Waals surface area (Å²) in [6, 6.07) is 22.3. The van der Waals surface area contributed by atoms with Crippen LogP contribution in [-0.2, 0) is 16.1 Å². The molecule has 42 heavy (non-hydrogen) atoms. The van der Waals surface area contributed by atoms with Gasteiger partial charge < -0.3 is 14.2 Å². The monoisotopic (exact) mass is 646 g/mol. The van der Waals surface area contributed by atoms with Gasteiger partial charge in [0.15, 0.2) is 4.80 Å². The van der Waals surface area contributed by atoms with Gasteiger partial charge in [-0.2, -0.15) is 0 Å². The number of carbonyl (C=O) groups is 1. The number of nitrogens with zero attached hydrogens (tertiary/aromatic N) is 2. The first-order valence-corrected chi connectivity index (χ1v) is 15.3. The van der Waals surface area contributed by atoms with Crippen molar-refractivity contribution >= 4 is 39.3 Å². The van der Waals surface area contributed by atoms with Crippen molar-refractivity contribution in [2.45, 2.75) is 46.4 Å². The number of allylic oxidation sites excluding steroid dienone is 1. The molecule has 9 heteroatoms. The molecule has 0 aliphatic carbocycles. The zero-order valence-corrected chi connectivity index (χ0v) is 26.2. The minimum Gasteiger partial charge on any atom is -0.494 e. The van der Waals surface area contributed by atoms with Crippen LogP contribution in [0.1, 0.15) is 50.4 Å². The fraction of sp³-hybridized carbons (Fsp3) is 0.242. The number of hydrogen-bond acceptors (Lipinski definition) is 7. The Balaban J connectivity index is 1.62. The first kappa shape index (κ1) is 29.5. The lowest BCUT2D eigenvalue weighted by Crippen LogP contribution is -2.40. The van der Waals surface area contributed by atoms with E-state index in [1.54, 1.807) is 25.3 Å². The summed E-state index contributed by atoms with van der Waals surface area (Å²) < 4.78 is 20.3. The van der Waals surface area contributed by atoms with E-state index in [9.17, 15) is 9.59 Å². The number of aromatic nitrogens is 1. The number of halogens is 1.